The van der Waals surface area contributed by atoms with Crippen LogP contribution >= 0.6 is 0 Å². The number of ether oxygens (including phenoxy) is 1. The molecule has 1 N–H and O–H groups in total. The molecule has 1 amide bonds. The second kappa shape index (κ2) is 9.94. The Bertz CT molecular complexity index is 1180. The second-order valence-corrected chi connectivity index (χ2v) is 9.42. The van der Waals surface area contributed by atoms with E-state index in [1.54, 1.807) is 0 Å². The van der Waals surface area contributed by atoms with Gasteiger partial charge in [0.15, 0.2) is 0 Å². The third kappa shape index (κ3) is 4.97. The third-order valence-electron chi connectivity index (χ3n) is 6.94. The molecule has 1 aromatic heterocycles. The molecule has 3 aromatic rings. The molecule has 5 rings (SSSR count). The average molecular weight is 458 g/mol. The summed E-state index contributed by atoms with van der Waals surface area (Å²) in [6, 6.07) is 19.7. The van der Waals surface area contributed by atoms with Crippen LogP contribution in [0.4, 0.5) is 0 Å². The number of hydrogen-bond acceptors (Lipinski definition) is 5. The zero-order valence-electron chi connectivity index (χ0n) is 19.6. The van der Waals surface area contributed by atoms with Crippen LogP contribution in [0.25, 0.3) is 10.9 Å². The van der Waals surface area contributed by atoms with Crippen molar-refractivity contribution in [3.05, 3.63) is 77.5 Å². The van der Waals surface area contributed by atoms with E-state index in [9.17, 15) is 9.59 Å². The molecule has 0 radical (unpaired) electrons. The number of aromatic nitrogens is 1. The second-order valence-electron chi connectivity index (χ2n) is 9.42. The van der Waals surface area contributed by atoms with Gasteiger partial charge in [-0.15, -0.1) is 0 Å². The summed E-state index contributed by atoms with van der Waals surface area (Å²) in [7, 11) is 1.43. The molecule has 2 aromatic carbocycles. The molecule has 6 heteroatoms. The van der Waals surface area contributed by atoms with Crippen LogP contribution in [0.15, 0.2) is 60.7 Å². The molecule has 2 fully saturated rings. The van der Waals surface area contributed by atoms with Gasteiger partial charge >= 0.3 is 5.97 Å². The summed E-state index contributed by atoms with van der Waals surface area (Å²) in [5.74, 6) is 0.133. The monoisotopic (exact) mass is 457 g/mol. The fraction of sp³-hybridized carbons (Fsp3) is 0.393. The summed E-state index contributed by atoms with van der Waals surface area (Å²) in [4.78, 5) is 32.8. The average Bonchev–Trinajstić information content (AvgIpc) is 3.65. The van der Waals surface area contributed by atoms with E-state index in [1.165, 1.54) is 12.7 Å². The van der Waals surface area contributed by atoms with Gasteiger partial charge < -0.3 is 10.1 Å². The lowest BCUT2D eigenvalue weighted by Crippen LogP contribution is -2.38. The van der Waals surface area contributed by atoms with Gasteiger partial charge in [-0.2, -0.15) is 0 Å². The normalized spacial score (nSPS) is 20.4. The first-order valence-corrected chi connectivity index (χ1v) is 12.2. The van der Waals surface area contributed by atoms with Crippen LogP contribution in [0.2, 0.25) is 0 Å². The number of likely N-dealkylation sites (tertiary alicyclic amines) is 1. The Morgan fingerprint density at radius 1 is 1.09 bits per heavy atom. The first-order valence-electron chi connectivity index (χ1n) is 12.2. The molecule has 1 saturated carbocycles. The number of nitrogens with one attached hydrogen (secondary N) is 1. The van der Waals surface area contributed by atoms with Gasteiger partial charge in [0.2, 0.25) is 0 Å². The lowest BCUT2D eigenvalue weighted by Gasteiger charge is -2.22. The zero-order chi connectivity index (χ0) is 23.5. The molecule has 1 saturated heterocycles. The molecular weight excluding hydrogens is 426 g/mol. The molecule has 34 heavy (non-hydrogen) atoms. The van der Waals surface area contributed by atoms with Crippen LogP contribution in [0, 0.1) is 0 Å². The smallest absolute Gasteiger partial charge is 0.323 e. The highest BCUT2D eigenvalue weighted by atomic mass is 16.5. The van der Waals surface area contributed by atoms with Crippen LogP contribution in [-0.4, -0.2) is 54.0 Å². The van der Waals surface area contributed by atoms with Gasteiger partial charge in [-0.3, -0.25) is 19.5 Å². The predicted molar refractivity (Wildman–Crippen MR) is 132 cm³/mol. The number of fused-ring (bicyclic) bond motifs is 1. The molecule has 0 bridgehead atoms. The highest BCUT2D eigenvalue weighted by Gasteiger charge is 2.38. The van der Waals surface area contributed by atoms with Crippen molar-refractivity contribution in [1.82, 2.24) is 15.2 Å². The number of rotatable bonds is 8. The third-order valence-corrected chi connectivity index (χ3v) is 6.94. The molecule has 2 heterocycles. The van der Waals surface area contributed by atoms with Crippen molar-refractivity contribution in [2.75, 3.05) is 20.2 Å². The molecule has 2 aliphatic rings. The molecule has 0 spiro atoms. The SMILES string of the molecule is COC(=O)[C@@H]1C[C@@H](NC(=O)c2cc(C3CC3)nc3ccccc23)CN1CCCc1ccccc1. The Hall–Kier alpha value is -3.25. The van der Waals surface area contributed by atoms with Crippen LogP contribution in [0.1, 0.15) is 53.2 Å². The van der Waals surface area contributed by atoms with E-state index >= 15 is 0 Å². The van der Waals surface area contributed by atoms with Crippen molar-refractivity contribution in [3.8, 4) is 0 Å². The molecule has 176 valence electrons. The van der Waals surface area contributed by atoms with Gasteiger partial charge in [0.05, 0.1) is 18.2 Å². The number of esters is 1. The lowest BCUT2D eigenvalue weighted by atomic mass is 10.0. The maximum Gasteiger partial charge on any atom is 0.323 e. The lowest BCUT2D eigenvalue weighted by molar-refractivity contribution is -0.145. The number of carbonyl (C=O) groups is 2. The summed E-state index contributed by atoms with van der Waals surface area (Å²) in [5.41, 5.74) is 3.82. The van der Waals surface area contributed by atoms with E-state index in [-0.39, 0.29) is 24.0 Å². The summed E-state index contributed by atoms with van der Waals surface area (Å²) in [5, 5.41) is 4.07. The number of nitrogens with zero attached hydrogens (tertiary/aromatic N) is 2. The Balaban J connectivity index is 1.28. The Labute approximate surface area is 200 Å². The van der Waals surface area contributed by atoms with Gasteiger partial charge in [-0.1, -0.05) is 48.5 Å². The van der Waals surface area contributed by atoms with Crippen LogP contribution in [-0.2, 0) is 16.0 Å². The summed E-state index contributed by atoms with van der Waals surface area (Å²) >= 11 is 0. The highest BCUT2D eigenvalue weighted by molar-refractivity contribution is 6.06. The molecule has 1 aliphatic carbocycles. The van der Waals surface area contributed by atoms with Gasteiger partial charge in [-0.05, 0) is 56.3 Å². The van der Waals surface area contributed by atoms with Crippen LogP contribution in [0.3, 0.4) is 0 Å². The minimum absolute atomic E-state index is 0.0970. The predicted octanol–water partition coefficient (Wildman–Crippen LogP) is 4.09. The number of amides is 1. The van der Waals surface area contributed by atoms with Crippen molar-refractivity contribution in [2.45, 2.75) is 50.1 Å². The minimum Gasteiger partial charge on any atom is -0.468 e. The Morgan fingerprint density at radius 3 is 2.62 bits per heavy atom. The van der Waals surface area contributed by atoms with E-state index < -0.39 is 0 Å². The quantitative estimate of drug-likeness (QED) is 0.516. The molecular formula is C28H31N3O3. The van der Waals surface area contributed by atoms with Gasteiger partial charge in [0.25, 0.3) is 5.91 Å². The van der Waals surface area contributed by atoms with Crippen molar-refractivity contribution < 1.29 is 14.3 Å². The first-order chi connectivity index (χ1) is 16.6. The van der Waals surface area contributed by atoms with E-state index in [4.69, 9.17) is 9.72 Å². The molecule has 6 nitrogen and oxygen atoms in total. The van der Waals surface area contributed by atoms with Crippen molar-refractivity contribution in [2.24, 2.45) is 0 Å². The van der Waals surface area contributed by atoms with Gasteiger partial charge in [0.1, 0.15) is 6.04 Å². The Morgan fingerprint density at radius 2 is 1.85 bits per heavy atom. The number of methoxy groups -OCH3 is 1. The maximum absolute atomic E-state index is 13.4. The molecule has 2 atom stereocenters. The summed E-state index contributed by atoms with van der Waals surface area (Å²) in [6.45, 7) is 1.42. The summed E-state index contributed by atoms with van der Waals surface area (Å²) < 4.78 is 5.07. The highest BCUT2D eigenvalue weighted by Crippen LogP contribution is 2.40. The molecule has 0 unspecified atom stereocenters. The minimum atomic E-state index is -0.331. The fourth-order valence-corrected chi connectivity index (χ4v) is 5.00. The van der Waals surface area contributed by atoms with Crippen molar-refractivity contribution >= 4 is 22.8 Å². The Kier molecular flexibility index (Phi) is 6.59. The van der Waals surface area contributed by atoms with E-state index in [2.05, 4.69) is 22.3 Å². The fourth-order valence-electron chi connectivity index (χ4n) is 5.00. The molecule has 1 aliphatic heterocycles. The summed E-state index contributed by atoms with van der Waals surface area (Å²) in [6.07, 6.45) is 4.72. The number of para-hydroxylation sites is 1. The number of hydrogen-bond donors (Lipinski definition) is 1. The van der Waals surface area contributed by atoms with Crippen molar-refractivity contribution in [3.63, 3.8) is 0 Å². The van der Waals surface area contributed by atoms with Gasteiger partial charge in [0, 0.05) is 29.6 Å². The van der Waals surface area contributed by atoms with E-state index in [1.807, 2.05) is 48.5 Å². The van der Waals surface area contributed by atoms with Gasteiger partial charge in [-0.25, -0.2) is 0 Å². The van der Waals surface area contributed by atoms with Crippen molar-refractivity contribution in [1.29, 1.82) is 0 Å². The van der Waals surface area contributed by atoms with Crippen LogP contribution in [0.5, 0.6) is 0 Å². The topological polar surface area (TPSA) is 71.5 Å². The van der Waals surface area contributed by atoms with E-state index in [0.29, 0.717) is 24.4 Å². The first kappa shape index (κ1) is 22.5. The van der Waals surface area contributed by atoms with Crippen LogP contribution < -0.4 is 5.32 Å². The number of benzene rings is 2. The number of carbonyl (C=O) groups excluding carboxylic acids is 2. The zero-order valence-corrected chi connectivity index (χ0v) is 19.6. The number of pyridine rings is 1. The number of aryl methyl sites for hydroxylation is 1. The largest absolute Gasteiger partial charge is 0.468 e. The van der Waals surface area contributed by atoms with E-state index in [0.717, 1.165) is 48.8 Å². The standard InChI is InChI=1S/C28H31N3O3/c1-34-28(33)26-16-21(18-31(26)15-7-10-19-8-3-2-4-9-19)29-27(32)23-17-25(20-13-14-20)30-24-12-6-5-11-22(23)24/h2-6,8-9,11-12,17,20-21,26H,7,10,13-16,18H2,1H3,(H,29,32)/t21-,26+/m1/s1. The maximum atomic E-state index is 13.4.